The minimum atomic E-state index is 0.879. The zero-order chi connectivity index (χ0) is 16.8. The molecular weight excluding hydrogens is 298 g/mol. The summed E-state index contributed by atoms with van der Waals surface area (Å²) in [6.45, 7) is 4.39. The second kappa shape index (κ2) is 7.90. The second-order valence-corrected chi connectivity index (χ2v) is 6.17. The number of unbranched alkanes of at least 4 members (excludes halogenated alkanes) is 2. The topological polar surface area (TPSA) is 70.2 Å². The molecule has 0 unspecified atom stereocenters. The molecule has 0 amide bonds. The van der Waals surface area contributed by atoms with Crippen molar-refractivity contribution in [1.82, 2.24) is 25.4 Å². The van der Waals surface area contributed by atoms with Gasteiger partial charge >= 0.3 is 0 Å². The van der Waals surface area contributed by atoms with Crippen LogP contribution in [-0.4, -0.2) is 25.4 Å². The molecule has 0 fully saturated rings. The number of hydrogen-bond acceptors (Lipinski definition) is 3. The van der Waals surface area contributed by atoms with Crippen LogP contribution < -0.4 is 0 Å². The molecule has 0 saturated carbocycles. The summed E-state index contributed by atoms with van der Waals surface area (Å²) in [5.74, 6) is 0. The lowest BCUT2D eigenvalue weighted by Gasteiger charge is -1.99. The first-order chi connectivity index (χ1) is 11.8. The Morgan fingerprint density at radius 3 is 1.71 bits per heavy atom. The Balaban J connectivity index is 1.78. The zero-order valence-electron chi connectivity index (χ0n) is 14.5. The molecule has 0 aliphatic heterocycles. The minimum absolute atomic E-state index is 0.879. The van der Waals surface area contributed by atoms with Crippen LogP contribution in [0.1, 0.15) is 50.9 Å². The molecule has 0 saturated heterocycles. The van der Waals surface area contributed by atoms with Crippen LogP contribution in [0.15, 0.2) is 30.3 Å². The molecule has 0 radical (unpaired) electrons. The molecule has 0 bridgehead atoms. The van der Waals surface area contributed by atoms with E-state index in [1.165, 1.54) is 37.1 Å². The van der Waals surface area contributed by atoms with Gasteiger partial charge in [0.05, 0.1) is 11.4 Å². The highest BCUT2D eigenvalue weighted by Gasteiger charge is 2.09. The number of hydrogen-bond donors (Lipinski definition) is 2. The average Bonchev–Trinajstić information content (AvgIpc) is 3.28. The van der Waals surface area contributed by atoms with Crippen LogP contribution in [0.4, 0.5) is 0 Å². The summed E-state index contributed by atoms with van der Waals surface area (Å²) in [6.07, 6.45) is 6.77. The number of pyridine rings is 1. The van der Waals surface area contributed by atoms with Gasteiger partial charge in [0.25, 0.3) is 0 Å². The van der Waals surface area contributed by atoms with Gasteiger partial charge in [-0.25, -0.2) is 4.98 Å². The van der Waals surface area contributed by atoms with Gasteiger partial charge in [-0.3, -0.25) is 10.2 Å². The monoisotopic (exact) mass is 323 g/mol. The van der Waals surface area contributed by atoms with Crippen molar-refractivity contribution in [2.75, 3.05) is 0 Å². The fourth-order valence-corrected chi connectivity index (χ4v) is 2.70. The van der Waals surface area contributed by atoms with Crippen LogP contribution in [0.3, 0.4) is 0 Å². The van der Waals surface area contributed by atoms with Crippen molar-refractivity contribution < 1.29 is 0 Å². The number of nitrogens with one attached hydrogen (secondary N) is 2. The molecule has 3 aromatic heterocycles. The van der Waals surface area contributed by atoms with E-state index in [2.05, 4.69) is 46.4 Å². The van der Waals surface area contributed by atoms with E-state index in [-0.39, 0.29) is 0 Å². The fourth-order valence-electron chi connectivity index (χ4n) is 2.70. The second-order valence-electron chi connectivity index (χ2n) is 6.17. The molecule has 0 aromatic carbocycles. The van der Waals surface area contributed by atoms with E-state index in [0.29, 0.717) is 0 Å². The Morgan fingerprint density at radius 2 is 1.25 bits per heavy atom. The number of nitrogens with zero attached hydrogens (tertiary/aromatic N) is 3. The first-order valence-electron chi connectivity index (χ1n) is 8.86. The molecule has 0 atom stereocenters. The van der Waals surface area contributed by atoms with Gasteiger partial charge in [0.2, 0.25) is 0 Å². The summed E-state index contributed by atoms with van der Waals surface area (Å²) >= 11 is 0. The maximum absolute atomic E-state index is 4.74. The maximum atomic E-state index is 4.74. The predicted molar refractivity (Wildman–Crippen MR) is 96.6 cm³/mol. The summed E-state index contributed by atoms with van der Waals surface area (Å²) in [7, 11) is 0. The summed E-state index contributed by atoms with van der Waals surface area (Å²) in [6, 6.07) is 10.2. The van der Waals surface area contributed by atoms with Crippen molar-refractivity contribution in [3.8, 4) is 22.8 Å². The van der Waals surface area contributed by atoms with Gasteiger partial charge in [-0.05, 0) is 49.9 Å². The lowest BCUT2D eigenvalue weighted by Crippen LogP contribution is -1.88. The van der Waals surface area contributed by atoms with Crippen LogP contribution in [0.5, 0.6) is 0 Å². The maximum Gasteiger partial charge on any atom is 0.111 e. The molecule has 2 N–H and O–H groups in total. The van der Waals surface area contributed by atoms with Gasteiger partial charge < -0.3 is 0 Å². The molecular formula is C19H25N5. The standard InChI is InChI=1S/C19H25N5/c1-3-5-8-14-12-18(23-21-14)16-10-7-11-17(20-16)19-13-15(22-24-19)9-6-4-2/h7,10-13H,3-6,8-9H2,1-2H3,(H,21,23)(H,22,24). The first-order valence-corrected chi connectivity index (χ1v) is 8.86. The Labute approximate surface area is 142 Å². The Kier molecular flexibility index (Phi) is 5.41. The highest BCUT2D eigenvalue weighted by Crippen LogP contribution is 2.22. The van der Waals surface area contributed by atoms with Gasteiger partial charge in [0.15, 0.2) is 0 Å². The van der Waals surface area contributed by atoms with E-state index in [1.807, 2.05) is 18.2 Å². The van der Waals surface area contributed by atoms with Crippen LogP contribution in [0, 0.1) is 0 Å². The van der Waals surface area contributed by atoms with Crippen LogP contribution >= 0.6 is 0 Å². The van der Waals surface area contributed by atoms with E-state index in [9.17, 15) is 0 Å². The van der Waals surface area contributed by atoms with Crippen molar-refractivity contribution in [3.05, 3.63) is 41.7 Å². The number of rotatable bonds is 8. The third-order valence-electron chi connectivity index (χ3n) is 4.14. The highest BCUT2D eigenvalue weighted by molar-refractivity contribution is 5.61. The third-order valence-corrected chi connectivity index (χ3v) is 4.14. The molecule has 5 heteroatoms. The SMILES string of the molecule is CCCCc1cc(-c2cccc(-c3cc(CCCC)[nH]n3)n2)n[nH]1. The molecule has 3 heterocycles. The average molecular weight is 323 g/mol. The molecule has 3 aromatic rings. The van der Waals surface area contributed by atoms with Gasteiger partial charge in [-0.2, -0.15) is 10.2 Å². The molecule has 0 aliphatic carbocycles. The largest absolute Gasteiger partial charge is 0.282 e. The van der Waals surface area contributed by atoms with Crippen LogP contribution in [-0.2, 0) is 12.8 Å². The number of aryl methyl sites for hydroxylation is 2. The van der Waals surface area contributed by atoms with Crippen LogP contribution in [0.2, 0.25) is 0 Å². The summed E-state index contributed by atoms with van der Waals surface area (Å²) in [5, 5.41) is 15.0. The smallest absolute Gasteiger partial charge is 0.111 e. The lowest BCUT2D eigenvalue weighted by molar-refractivity contribution is 0.772. The van der Waals surface area contributed by atoms with Crippen molar-refractivity contribution >= 4 is 0 Å². The Morgan fingerprint density at radius 1 is 0.750 bits per heavy atom. The number of aromatic amines is 2. The van der Waals surface area contributed by atoms with Gasteiger partial charge in [-0.15, -0.1) is 0 Å². The summed E-state index contributed by atoms with van der Waals surface area (Å²) in [4.78, 5) is 4.74. The van der Waals surface area contributed by atoms with E-state index in [4.69, 9.17) is 4.98 Å². The Bertz CT molecular complexity index is 710. The summed E-state index contributed by atoms with van der Waals surface area (Å²) in [5.41, 5.74) is 5.88. The van der Waals surface area contributed by atoms with Gasteiger partial charge in [0, 0.05) is 11.4 Å². The quantitative estimate of drug-likeness (QED) is 0.639. The fraction of sp³-hybridized carbons (Fsp3) is 0.421. The molecule has 0 aliphatic rings. The molecule has 0 spiro atoms. The first kappa shape index (κ1) is 16.4. The zero-order valence-corrected chi connectivity index (χ0v) is 14.5. The van der Waals surface area contributed by atoms with Crippen molar-refractivity contribution in [2.24, 2.45) is 0 Å². The van der Waals surface area contributed by atoms with Gasteiger partial charge in [0.1, 0.15) is 11.4 Å². The van der Waals surface area contributed by atoms with E-state index in [1.54, 1.807) is 0 Å². The summed E-state index contributed by atoms with van der Waals surface area (Å²) < 4.78 is 0. The van der Waals surface area contributed by atoms with Crippen molar-refractivity contribution in [1.29, 1.82) is 0 Å². The number of aromatic nitrogens is 5. The van der Waals surface area contributed by atoms with Crippen molar-refractivity contribution in [3.63, 3.8) is 0 Å². The van der Waals surface area contributed by atoms with E-state index in [0.717, 1.165) is 35.6 Å². The number of H-pyrrole nitrogens is 2. The normalized spacial score (nSPS) is 11.1. The molecule has 3 rings (SSSR count). The molecule has 126 valence electrons. The predicted octanol–water partition coefficient (Wildman–Crippen LogP) is 4.55. The molecule has 24 heavy (non-hydrogen) atoms. The molecule has 5 nitrogen and oxygen atoms in total. The highest BCUT2D eigenvalue weighted by atomic mass is 15.1. The lowest BCUT2D eigenvalue weighted by atomic mass is 10.1. The van der Waals surface area contributed by atoms with E-state index < -0.39 is 0 Å². The van der Waals surface area contributed by atoms with E-state index >= 15 is 0 Å². The Hall–Kier alpha value is -2.43. The van der Waals surface area contributed by atoms with Crippen molar-refractivity contribution in [2.45, 2.75) is 52.4 Å². The third kappa shape index (κ3) is 3.91. The van der Waals surface area contributed by atoms with Gasteiger partial charge in [-0.1, -0.05) is 32.8 Å². The minimum Gasteiger partial charge on any atom is -0.282 e. The van der Waals surface area contributed by atoms with Crippen LogP contribution in [0.25, 0.3) is 22.8 Å².